The highest BCUT2D eigenvalue weighted by atomic mass is 32.1. The van der Waals surface area contributed by atoms with Gasteiger partial charge in [0.2, 0.25) is 0 Å². The molecule has 0 saturated carbocycles. The number of nitrogens with two attached hydrogens (primary N) is 1. The predicted molar refractivity (Wildman–Crippen MR) is 50.9 cm³/mol. The lowest BCUT2D eigenvalue weighted by Crippen LogP contribution is -1.91. The van der Waals surface area contributed by atoms with Gasteiger partial charge in [0, 0.05) is 5.39 Å². The van der Waals surface area contributed by atoms with Crippen LogP contribution >= 0.6 is 11.3 Å². The molecular weight excluding hydrogens is 187 g/mol. The van der Waals surface area contributed by atoms with Crippen LogP contribution in [0.25, 0.3) is 10.1 Å². The second-order valence-electron chi connectivity index (χ2n) is 2.60. The zero-order valence-electron chi connectivity index (χ0n) is 6.54. The van der Waals surface area contributed by atoms with E-state index in [1.54, 1.807) is 11.4 Å². The normalized spacial score (nSPS) is 10.2. The molecule has 13 heavy (non-hydrogen) atoms. The third kappa shape index (κ3) is 1.05. The molecule has 0 aliphatic heterocycles. The van der Waals surface area contributed by atoms with Gasteiger partial charge in [0.15, 0.2) is 5.82 Å². The molecule has 1 aromatic carbocycles. The summed E-state index contributed by atoms with van der Waals surface area (Å²) < 4.78 is 13.8. The number of benzene rings is 1. The molecule has 2 rings (SSSR count). The first-order valence-electron chi connectivity index (χ1n) is 3.59. The fraction of sp³-hybridized carbons (Fsp3) is 0. The van der Waals surface area contributed by atoms with E-state index < -0.39 is 5.82 Å². The maximum absolute atomic E-state index is 13.3. The molecule has 1 heterocycles. The summed E-state index contributed by atoms with van der Waals surface area (Å²) in [7, 11) is 0. The van der Waals surface area contributed by atoms with Gasteiger partial charge in [0.1, 0.15) is 0 Å². The lowest BCUT2D eigenvalue weighted by Gasteiger charge is -1.99. The summed E-state index contributed by atoms with van der Waals surface area (Å²) in [6.07, 6.45) is 0. The molecule has 0 fully saturated rings. The van der Waals surface area contributed by atoms with Gasteiger partial charge >= 0.3 is 0 Å². The maximum atomic E-state index is 13.3. The van der Waals surface area contributed by atoms with Crippen LogP contribution in [0.4, 0.5) is 10.1 Å². The maximum Gasteiger partial charge on any atom is 0.163 e. The molecule has 64 valence electrons. The molecule has 0 spiro atoms. The topological polar surface area (TPSA) is 49.8 Å². The van der Waals surface area contributed by atoms with E-state index in [0.29, 0.717) is 15.6 Å². The highest BCUT2D eigenvalue weighted by molar-refractivity contribution is 7.17. The largest absolute Gasteiger partial charge is 0.396 e. The van der Waals surface area contributed by atoms with E-state index in [1.165, 1.54) is 17.4 Å². The van der Waals surface area contributed by atoms with Gasteiger partial charge in [-0.05, 0) is 17.5 Å². The molecule has 0 amide bonds. The predicted octanol–water partition coefficient (Wildman–Crippen LogP) is 2.49. The van der Waals surface area contributed by atoms with Gasteiger partial charge in [-0.3, -0.25) is 0 Å². The van der Waals surface area contributed by atoms with Crippen LogP contribution in [0.1, 0.15) is 5.56 Å². The van der Waals surface area contributed by atoms with Crippen molar-refractivity contribution in [1.82, 2.24) is 0 Å². The number of hydrogen-bond acceptors (Lipinski definition) is 3. The summed E-state index contributed by atoms with van der Waals surface area (Å²) >= 11 is 1.25. The van der Waals surface area contributed by atoms with E-state index in [9.17, 15) is 4.39 Å². The van der Waals surface area contributed by atoms with E-state index in [0.717, 1.165) is 0 Å². The Bertz CT molecular complexity index is 510. The average molecular weight is 192 g/mol. The molecule has 0 aliphatic carbocycles. The summed E-state index contributed by atoms with van der Waals surface area (Å²) in [5, 5.41) is 11.1. The molecule has 0 saturated heterocycles. The molecule has 0 atom stereocenters. The third-order valence-corrected chi connectivity index (χ3v) is 2.74. The fourth-order valence-corrected chi connectivity index (χ4v) is 2.08. The highest BCUT2D eigenvalue weighted by Gasteiger charge is 2.10. The molecule has 2 N–H and O–H groups in total. The van der Waals surface area contributed by atoms with Gasteiger partial charge < -0.3 is 5.73 Å². The van der Waals surface area contributed by atoms with Crippen LogP contribution in [0.2, 0.25) is 0 Å². The van der Waals surface area contributed by atoms with Crippen LogP contribution in [0.5, 0.6) is 0 Å². The first kappa shape index (κ1) is 8.02. The minimum absolute atomic E-state index is 0.0338. The number of rotatable bonds is 0. The van der Waals surface area contributed by atoms with E-state index in [-0.39, 0.29) is 5.69 Å². The van der Waals surface area contributed by atoms with E-state index in [4.69, 9.17) is 11.0 Å². The number of anilines is 1. The second kappa shape index (κ2) is 2.71. The molecule has 0 aliphatic rings. The lowest BCUT2D eigenvalue weighted by atomic mass is 10.1. The first-order valence-corrected chi connectivity index (χ1v) is 4.47. The number of thiophene rings is 1. The summed E-state index contributed by atoms with van der Waals surface area (Å²) in [6.45, 7) is 0. The Balaban J connectivity index is 2.97. The minimum Gasteiger partial charge on any atom is -0.396 e. The second-order valence-corrected chi connectivity index (χ2v) is 3.52. The van der Waals surface area contributed by atoms with Gasteiger partial charge in [0.05, 0.1) is 22.0 Å². The van der Waals surface area contributed by atoms with Crippen LogP contribution in [-0.4, -0.2) is 0 Å². The van der Waals surface area contributed by atoms with Crippen molar-refractivity contribution < 1.29 is 4.39 Å². The number of nitriles is 1. The summed E-state index contributed by atoms with van der Waals surface area (Å²) in [5.74, 6) is -0.427. The van der Waals surface area contributed by atoms with E-state index in [1.807, 2.05) is 6.07 Å². The first-order chi connectivity index (χ1) is 6.24. The fourth-order valence-electron chi connectivity index (χ4n) is 1.21. The molecular formula is C9H5FN2S. The molecule has 0 bridgehead atoms. The van der Waals surface area contributed by atoms with Crippen molar-refractivity contribution in [3.63, 3.8) is 0 Å². The average Bonchev–Trinajstić information content (AvgIpc) is 2.60. The highest BCUT2D eigenvalue weighted by Crippen LogP contribution is 2.30. The van der Waals surface area contributed by atoms with Gasteiger partial charge in [-0.1, -0.05) is 0 Å². The zero-order valence-corrected chi connectivity index (χ0v) is 7.36. The van der Waals surface area contributed by atoms with Gasteiger partial charge in [0.25, 0.3) is 0 Å². The van der Waals surface area contributed by atoms with Crippen molar-refractivity contribution in [3.05, 3.63) is 28.9 Å². The Morgan fingerprint density at radius 3 is 3.00 bits per heavy atom. The van der Waals surface area contributed by atoms with Crippen LogP contribution in [0, 0.1) is 17.1 Å². The van der Waals surface area contributed by atoms with Crippen molar-refractivity contribution in [2.75, 3.05) is 5.73 Å². The van der Waals surface area contributed by atoms with E-state index in [2.05, 4.69) is 0 Å². The van der Waals surface area contributed by atoms with Gasteiger partial charge in [-0.15, -0.1) is 11.3 Å². The molecule has 2 aromatic rings. The van der Waals surface area contributed by atoms with Crippen molar-refractivity contribution in [1.29, 1.82) is 5.26 Å². The van der Waals surface area contributed by atoms with Gasteiger partial charge in [-0.25, -0.2) is 4.39 Å². The SMILES string of the molecule is N#Cc1cc(N)c(F)c2sccc12. The smallest absolute Gasteiger partial charge is 0.163 e. The number of fused-ring (bicyclic) bond motifs is 1. The number of nitrogen functional groups attached to an aromatic ring is 1. The van der Waals surface area contributed by atoms with Crippen molar-refractivity contribution in [3.8, 4) is 6.07 Å². The Labute approximate surface area is 78.0 Å². The minimum atomic E-state index is -0.427. The summed E-state index contributed by atoms with van der Waals surface area (Å²) in [5.41, 5.74) is 5.86. The Morgan fingerprint density at radius 1 is 1.54 bits per heavy atom. The number of halogens is 1. The molecule has 1 aromatic heterocycles. The number of nitrogens with zero attached hydrogens (tertiary/aromatic N) is 1. The van der Waals surface area contributed by atoms with Gasteiger partial charge in [-0.2, -0.15) is 5.26 Å². The Morgan fingerprint density at radius 2 is 2.31 bits per heavy atom. The molecule has 0 unspecified atom stereocenters. The van der Waals surface area contributed by atoms with Crippen LogP contribution in [0.15, 0.2) is 17.5 Å². The summed E-state index contributed by atoms with van der Waals surface area (Å²) in [4.78, 5) is 0. The van der Waals surface area contributed by atoms with Crippen LogP contribution < -0.4 is 5.73 Å². The molecule has 0 radical (unpaired) electrons. The summed E-state index contributed by atoms with van der Waals surface area (Å²) in [6, 6.07) is 5.07. The van der Waals surface area contributed by atoms with Crippen LogP contribution in [0.3, 0.4) is 0 Å². The van der Waals surface area contributed by atoms with Crippen molar-refractivity contribution in [2.24, 2.45) is 0 Å². The number of hydrogen-bond donors (Lipinski definition) is 1. The Hall–Kier alpha value is -1.60. The molecule has 2 nitrogen and oxygen atoms in total. The standard InChI is InChI=1S/C9H5FN2S/c10-8-7(12)3-5(4-11)6-1-2-13-9(6)8/h1-3H,12H2. The van der Waals surface area contributed by atoms with Crippen LogP contribution in [-0.2, 0) is 0 Å². The van der Waals surface area contributed by atoms with Crippen molar-refractivity contribution in [2.45, 2.75) is 0 Å². The molecule has 4 heteroatoms. The quantitative estimate of drug-likeness (QED) is 0.652. The van der Waals surface area contributed by atoms with Crippen molar-refractivity contribution >= 4 is 27.1 Å². The zero-order chi connectivity index (χ0) is 9.42. The Kier molecular flexibility index (Phi) is 1.67. The third-order valence-electron chi connectivity index (χ3n) is 1.83. The van der Waals surface area contributed by atoms with E-state index >= 15 is 0 Å². The monoisotopic (exact) mass is 192 g/mol. The lowest BCUT2D eigenvalue weighted by molar-refractivity contribution is 0.646.